The molecule has 0 saturated heterocycles. The molecule has 2 N–H and O–H groups in total. The van der Waals surface area contributed by atoms with Crippen LogP contribution in [0.15, 0.2) is 97.5 Å². The zero-order valence-electron chi connectivity index (χ0n) is 22.4. The lowest BCUT2D eigenvalue weighted by Crippen LogP contribution is -2.21. The summed E-state index contributed by atoms with van der Waals surface area (Å²) in [5, 5.41) is 14.0. The van der Waals surface area contributed by atoms with Gasteiger partial charge in [0.25, 0.3) is 0 Å². The minimum absolute atomic E-state index is 0.173. The van der Waals surface area contributed by atoms with Crippen molar-refractivity contribution in [2.75, 3.05) is 10.6 Å². The summed E-state index contributed by atoms with van der Waals surface area (Å²) in [5.41, 5.74) is 5.60. The molecule has 0 aliphatic rings. The molecule has 6 rings (SSSR count). The molecular formula is C32H30N6O. The number of fused-ring (bicyclic) bond motifs is 2. The van der Waals surface area contributed by atoms with Crippen molar-refractivity contribution in [2.24, 2.45) is 0 Å². The molecule has 6 aromatic rings. The third-order valence-electron chi connectivity index (χ3n) is 6.90. The number of nitrogens with zero attached hydrogens (tertiary/aromatic N) is 4. The number of carbonyl (C=O) groups excluding carboxylic acids is 1. The summed E-state index contributed by atoms with van der Waals surface area (Å²) in [4.78, 5) is 17.6. The fourth-order valence-electron chi connectivity index (χ4n) is 4.78. The number of carbonyl (C=O) groups is 1. The molecule has 194 valence electrons. The van der Waals surface area contributed by atoms with Gasteiger partial charge in [-0.15, -0.1) is 0 Å². The number of pyridine rings is 1. The van der Waals surface area contributed by atoms with E-state index in [1.165, 1.54) is 0 Å². The largest absolute Gasteiger partial charge is 0.324 e. The Labute approximate surface area is 227 Å². The Bertz CT molecular complexity index is 1820. The molecule has 39 heavy (non-hydrogen) atoms. The molecule has 0 radical (unpaired) electrons. The quantitative estimate of drug-likeness (QED) is 0.254. The molecule has 3 aromatic carbocycles. The van der Waals surface area contributed by atoms with Crippen molar-refractivity contribution >= 4 is 39.2 Å². The standard InChI is InChI=1S/C32H30N6O/c1-21-9-11-23(12-10-21)38-30(19-29(36-38)32(2,3)4)35-31(39)34-26-13-14-28(25-8-6-5-7-24(25)26)37-18-16-22-20-33-17-15-27(22)37/h5-20H,1-4H3,(H2,34,35,39). The molecule has 2 amide bonds. The molecule has 0 aliphatic carbocycles. The highest BCUT2D eigenvalue weighted by Gasteiger charge is 2.22. The molecule has 7 heteroatoms. The van der Waals surface area contributed by atoms with Crippen LogP contribution in [0.4, 0.5) is 16.3 Å². The van der Waals surface area contributed by atoms with Crippen LogP contribution in [0.2, 0.25) is 0 Å². The Balaban J connectivity index is 1.34. The first-order valence-electron chi connectivity index (χ1n) is 13.0. The summed E-state index contributed by atoms with van der Waals surface area (Å²) in [7, 11) is 0. The summed E-state index contributed by atoms with van der Waals surface area (Å²) in [6.07, 6.45) is 5.71. The number of benzene rings is 3. The first-order valence-corrected chi connectivity index (χ1v) is 13.0. The van der Waals surface area contributed by atoms with Crippen molar-refractivity contribution in [3.63, 3.8) is 0 Å². The van der Waals surface area contributed by atoms with E-state index < -0.39 is 0 Å². The van der Waals surface area contributed by atoms with E-state index in [-0.39, 0.29) is 11.4 Å². The van der Waals surface area contributed by atoms with Gasteiger partial charge in [0.15, 0.2) is 0 Å². The highest BCUT2D eigenvalue weighted by molar-refractivity contribution is 6.08. The summed E-state index contributed by atoms with van der Waals surface area (Å²) in [5.74, 6) is 0.606. The van der Waals surface area contributed by atoms with Crippen LogP contribution in [0.25, 0.3) is 33.1 Å². The smallest absolute Gasteiger partial charge is 0.316 e. The van der Waals surface area contributed by atoms with E-state index in [4.69, 9.17) is 5.10 Å². The van der Waals surface area contributed by atoms with Crippen molar-refractivity contribution in [1.82, 2.24) is 19.3 Å². The topological polar surface area (TPSA) is 76.8 Å². The zero-order valence-corrected chi connectivity index (χ0v) is 22.4. The van der Waals surface area contributed by atoms with Crippen LogP contribution in [-0.4, -0.2) is 25.4 Å². The van der Waals surface area contributed by atoms with Gasteiger partial charge in [-0.3, -0.25) is 10.3 Å². The van der Waals surface area contributed by atoms with Crippen molar-refractivity contribution in [3.8, 4) is 11.4 Å². The Morgan fingerprint density at radius 2 is 1.64 bits per heavy atom. The average molecular weight is 515 g/mol. The molecule has 7 nitrogen and oxygen atoms in total. The van der Waals surface area contributed by atoms with Crippen LogP contribution >= 0.6 is 0 Å². The number of urea groups is 1. The van der Waals surface area contributed by atoms with Crippen molar-refractivity contribution < 1.29 is 4.79 Å². The average Bonchev–Trinajstić information content (AvgIpc) is 3.54. The van der Waals surface area contributed by atoms with E-state index in [1.54, 1.807) is 10.9 Å². The number of anilines is 2. The molecule has 3 heterocycles. The van der Waals surface area contributed by atoms with Gasteiger partial charge in [0.05, 0.1) is 28.3 Å². The minimum atomic E-state index is -0.334. The Morgan fingerprint density at radius 3 is 2.41 bits per heavy atom. The lowest BCUT2D eigenvalue weighted by atomic mass is 9.92. The van der Waals surface area contributed by atoms with E-state index in [2.05, 4.69) is 53.1 Å². The van der Waals surface area contributed by atoms with Gasteiger partial charge < -0.3 is 9.88 Å². The normalized spacial score (nSPS) is 11.7. The molecular weight excluding hydrogens is 484 g/mol. The molecule has 0 atom stereocenters. The maximum Gasteiger partial charge on any atom is 0.324 e. The first kappa shape index (κ1) is 24.4. The number of nitrogens with one attached hydrogen (secondary N) is 2. The van der Waals surface area contributed by atoms with Crippen molar-refractivity contribution in [1.29, 1.82) is 0 Å². The fraction of sp³-hybridized carbons (Fsp3) is 0.156. The van der Waals surface area contributed by atoms with Crippen molar-refractivity contribution in [2.45, 2.75) is 33.1 Å². The predicted octanol–water partition coefficient (Wildman–Crippen LogP) is 7.61. The summed E-state index contributed by atoms with van der Waals surface area (Å²) in [6, 6.07) is 25.8. The van der Waals surface area contributed by atoms with E-state index in [0.29, 0.717) is 5.82 Å². The van der Waals surface area contributed by atoms with E-state index in [9.17, 15) is 4.79 Å². The van der Waals surface area contributed by atoms with E-state index in [1.807, 2.05) is 86.0 Å². The lowest BCUT2D eigenvalue weighted by Gasteiger charge is -2.15. The first-order chi connectivity index (χ1) is 18.8. The number of aryl methyl sites for hydroxylation is 1. The second-order valence-corrected chi connectivity index (χ2v) is 10.8. The number of hydrogen-bond donors (Lipinski definition) is 2. The van der Waals surface area contributed by atoms with Gasteiger partial charge in [0.1, 0.15) is 5.82 Å². The monoisotopic (exact) mass is 514 g/mol. The molecule has 0 bridgehead atoms. The van der Waals surface area contributed by atoms with Crippen molar-refractivity contribution in [3.05, 3.63) is 109 Å². The van der Waals surface area contributed by atoms with Gasteiger partial charge in [0, 0.05) is 46.2 Å². The molecule has 0 unspecified atom stereocenters. The number of hydrogen-bond acceptors (Lipinski definition) is 3. The Hall–Kier alpha value is -4.91. The maximum absolute atomic E-state index is 13.3. The highest BCUT2D eigenvalue weighted by atomic mass is 16.2. The van der Waals surface area contributed by atoms with E-state index >= 15 is 0 Å². The van der Waals surface area contributed by atoms with Crippen LogP contribution in [0.5, 0.6) is 0 Å². The SMILES string of the molecule is Cc1ccc(-n2nc(C(C)(C)C)cc2NC(=O)Nc2ccc(-n3ccc4cnccc43)c3ccccc23)cc1. The van der Waals surface area contributed by atoms with E-state index in [0.717, 1.165) is 50.0 Å². The van der Waals surface area contributed by atoms with Gasteiger partial charge in [0.2, 0.25) is 0 Å². The third-order valence-corrected chi connectivity index (χ3v) is 6.90. The fourth-order valence-corrected chi connectivity index (χ4v) is 4.78. The third kappa shape index (κ3) is 4.63. The van der Waals surface area contributed by atoms with Crippen LogP contribution in [-0.2, 0) is 5.41 Å². The minimum Gasteiger partial charge on any atom is -0.316 e. The van der Waals surface area contributed by atoms with Crippen LogP contribution < -0.4 is 10.6 Å². The predicted molar refractivity (Wildman–Crippen MR) is 158 cm³/mol. The van der Waals surface area contributed by atoms with Crippen LogP contribution in [0.1, 0.15) is 32.0 Å². The molecule has 0 aliphatic heterocycles. The molecule has 0 fully saturated rings. The molecule has 3 aromatic heterocycles. The number of rotatable bonds is 4. The lowest BCUT2D eigenvalue weighted by molar-refractivity contribution is 0.262. The maximum atomic E-state index is 13.3. The Kier molecular flexibility index (Phi) is 5.91. The summed E-state index contributed by atoms with van der Waals surface area (Å²) in [6.45, 7) is 8.37. The second-order valence-electron chi connectivity index (χ2n) is 10.8. The Morgan fingerprint density at radius 1 is 0.872 bits per heavy atom. The zero-order chi connectivity index (χ0) is 27.1. The van der Waals surface area contributed by atoms with Crippen LogP contribution in [0, 0.1) is 6.92 Å². The number of aromatic nitrogens is 4. The van der Waals surface area contributed by atoms with Gasteiger partial charge in [-0.05, 0) is 43.3 Å². The molecule has 0 spiro atoms. The number of amides is 2. The van der Waals surface area contributed by atoms with Gasteiger partial charge >= 0.3 is 6.03 Å². The summed E-state index contributed by atoms with van der Waals surface area (Å²) >= 11 is 0. The summed E-state index contributed by atoms with van der Waals surface area (Å²) < 4.78 is 3.93. The van der Waals surface area contributed by atoms with Gasteiger partial charge in [-0.2, -0.15) is 5.10 Å². The highest BCUT2D eigenvalue weighted by Crippen LogP contribution is 2.32. The van der Waals surface area contributed by atoms with Crippen LogP contribution in [0.3, 0.4) is 0 Å². The second kappa shape index (κ2) is 9.44. The van der Waals surface area contributed by atoms with Gasteiger partial charge in [-0.25, -0.2) is 9.48 Å². The van der Waals surface area contributed by atoms with Gasteiger partial charge in [-0.1, -0.05) is 62.7 Å². The molecule has 0 saturated carbocycles.